The van der Waals surface area contributed by atoms with Gasteiger partial charge in [0.1, 0.15) is 5.84 Å². The average Bonchev–Trinajstić information content (AvgIpc) is 2.49. The summed E-state index contributed by atoms with van der Waals surface area (Å²) < 4.78 is 0. The van der Waals surface area contributed by atoms with Gasteiger partial charge in [0.05, 0.1) is 6.10 Å². The molecule has 2 atom stereocenters. The predicted molar refractivity (Wildman–Crippen MR) is 63.5 cm³/mol. The molecule has 0 aromatic rings. The minimum Gasteiger partial charge on any atom is -0.409 e. The van der Waals surface area contributed by atoms with Crippen molar-refractivity contribution in [2.24, 2.45) is 10.9 Å². The molecule has 5 heteroatoms. The lowest BCUT2D eigenvalue weighted by atomic mass is 10.1. The topological polar surface area (TPSA) is 90.9 Å². The number of amidine groups is 1. The van der Waals surface area contributed by atoms with Gasteiger partial charge in [-0.15, -0.1) is 0 Å². The fourth-order valence-electron chi connectivity index (χ4n) is 2.13. The molecule has 0 aromatic carbocycles. The number of hydrogen-bond acceptors (Lipinski definition) is 4. The number of hydrogen-bond donors (Lipinski definition) is 4. The minimum absolute atomic E-state index is 0.216. The molecule has 1 saturated carbocycles. The van der Waals surface area contributed by atoms with Crippen LogP contribution in [0.5, 0.6) is 0 Å². The van der Waals surface area contributed by atoms with E-state index in [0.717, 1.165) is 32.2 Å². The molecule has 5 N–H and O–H groups in total. The Hall–Kier alpha value is -0.810. The Balaban J connectivity index is 2.15. The number of oxime groups is 1. The van der Waals surface area contributed by atoms with E-state index < -0.39 is 0 Å². The molecule has 0 aromatic heterocycles. The van der Waals surface area contributed by atoms with Gasteiger partial charge in [-0.1, -0.05) is 24.4 Å². The van der Waals surface area contributed by atoms with Gasteiger partial charge >= 0.3 is 0 Å². The highest BCUT2D eigenvalue weighted by Crippen LogP contribution is 2.17. The second-order valence-corrected chi connectivity index (χ2v) is 4.46. The van der Waals surface area contributed by atoms with Gasteiger partial charge in [-0.3, -0.25) is 0 Å². The first-order chi connectivity index (χ1) is 7.74. The molecule has 0 heterocycles. The number of nitrogens with one attached hydrogen (secondary N) is 1. The molecule has 0 aliphatic heterocycles. The number of aliphatic hydroxyl groups excluding tert-OH is 1. The summed E-state index contributed by atoms with van der Waals surface area (Å²) in [6.45, 7) is 0.804. The Bertz CT molecular complexity index is 221. The van der Waals surface area contributed by atoms with E-state index in [9.17, 15) is 5.11 Å². The fourth-order valence-corrected chi connectivity index (χ4v) is 2.13. The van der Waals surface area contributed by atoms with Gasteiger partial charge in [-0.25, -0.2) is 0 Å². The van der Waals surface area contributed by atoms with Gasteiger partial charge in [0.15, 0.2) is 0 Å². The molecule has 94 valence electrons. The molecule has 5 nitrogen and oxygen atoms in total. The Morgan fingerprint density at radius 1 is 1.31 bits per heavy atom. The Morgan fingerprint density at radius 3 is 2.81 bits per heavy atom. The van der Waals surface area contributed by atoms with Crippen molar-refractivity contribution in [1.29, 1.82) is 0 Å². The highest BCUT2D eigenvalue weighted by molar-refractivity contribution is 5.79. The maximum Gasteiger partial charge on any atom is 0.139 e. The van der Waals surface area contributed by atoms with Crippen molar-refractivity contribution < 1.29 is 10.3 Å². The summed E-state index contributed by atoms with van der Waals surface area (Å²) >= 11 is 0. The van der Waals surface area contributed by atoms with E-state index in [1.54, 1.807) is 0 Å². The zero-order chi connectivity index (χ0) is 11.8. The van der Waals surface area contributed by atoms with Crippen molar-refractivity contribution in [3.05, 3.63) is 0 Å². The molecule has 1 rings (SSSR count). The van der Waals surface area contributed by atoms with Crippen molar-refractivity contribution >= 4 is 5.84 Å². The lowest BCUT2D eigenvalue weighted by molar-refractivity contribution is 0.120. The monoisotopic (exact) mass is 229 g/mol. The molecule has 0 amide bonds. The highest BCUT2D eigenvalue weighted by atomic mass is 16.4. The minimum atomic E-state index is -0.216. The second-order valence-electron chi connectivity index (χ2n) is 4.46. The van der Waals surface area contributed by atoms with E-state index in [1.165, 1.54) is 12.8 Å². The van der Waals surface area contributed by atoms with Gasteiger partial charge in [-0.05, 0) is 25.8 Å². The number of aliphatic hydroxyl groups is 1. The Morgan fingerprint density at radius 2 is 2.06 bits per heavy atom. The third kappa shape index (κ3) is 4.81. The summed E-state index contributed by atoms with van der Waals surface area (Å²) in [6.07, 6.45) is 6.69. The summed E-state index contributed by atoms with van der Waals surface area (Å²) in [6, 6.07) is 0.217. The van der Waals surface area contributed by atoms with E-state index in [0.29, 0.717) is 6.42 Å². The van der Waals surface area contributed by atoms with Crippen LogP contribution in [0.2, 0.25) is 0 Å². The second kappa shape index (κ2) is 7.46. The van der Waals surface area contributed by atoms with Crippen molar-refractivity contribution in [1.82, 2.24) is 5.32 Å². The van der Waals surface area contributed by atoms with Crippen LogP contribution < -0.4 is 11.1 Å². The zero-order valence-electron chi connectivity index (χ0n) is 9.73. The third-order valence-electron chi connectivity index (χ3n) is 3.12. The third-order valence-corrected chi connectivity index (χ3v) is 3.12. The van der Waals surface area contributed by atoms with Crippen molar-refractivity contribution in [3.63, 3.8) is 0 Å². The van der Waals surface area contributed by atoms with E-state index in [-0.39, 0.29) is 18.0 Å². The quantitative estimate of drug-likeness (QED) is 0.140. The van der Waals surface area contributed by atoms with Crippen LogP contribution in [0.15, 0.2) is 5.16 Å². The number of rotatable bonds is 5. The van der Waals surface area contributed by atoms with Gasteiger partial charge in [0, 0.05) is 12.5 Å². The van der Waals surface area contributed by atoms with Crippen molar-refractivity contribution in [2.75, 3.05) is 6.54 Å². The first kappa shape index (κ1) is 13.3. The van der Waals surface area contributed by atoms with Gasteiger partial charge in [-0.2, -0.15) is 0 Å². The summed E-state index contributed by atoms with van der Waals surface area (Å²) in [7, 11) is 0. The zero-order valence-corrected chi connectivity index (χ0v) is 9.73. The maximum atomic E-state index is 9.85. The molecule has 1 aliphatic carbocycles. The average molecular weight is 229 g/mol. The van der Waals surface area contributed by atoms with Crippen LogP contribution >= 0.6 is 0 Å². The van der Waals surface area contributed by atoms with Crippen LogP contribution in [-0.2, 0) is 0 Å². The lowest BCUT2D eigenvalue weighted by Crippen LogP contribution is -2.39. The lowest BCUT2D eigenvalue weighted by Gasteiger charge is -2.21. The van der Waals surface area contributed by atoms with Gasteiger partial charge in [0.25, 0.3) is 0 Å². The standard InChI is InChI=1S/C11H23N3O2/c12-11(14-16)7-4-8-13-9-5-2-1-3-6-10(9)15/h9-10,13,15-16H,1-8H2,(H2,12,14). The first-order valence-electron chi connectivity index (χ1n) is 6.12. The molecule has 1 aliphatic rings. The molecule has 16 heavy (non-hydrogen) atoms. The summed E-state index contributed by atoms with van der Waals surface area (Å²) in [5.74, 6) is 0.267. The van der Waals surface area contributed by atoms with E-state index in [1.807, 2.05) is 0 Å². The number of nitrogens with zero attached hydrogens (tertiary/aromatic N) is 1. The molecular formula is C11H23N3O2. The molecule has 0 spiro atoms. The maximum absolute atomic E-state index is 9.85. The van der Waals surface area contributed by atoms with Gasteiger partial charge in [0.2, 0.25) is 0 Å². The SMILES string of the molecule is NC(CCCNC1CCCCCC1O)=NO. The van der Waals surface area contributed by atoms with Crippen LogP contribution in [0.4, 0.5) is 0 Å². The van der Waals surface area contributed by atoms with Gasteiger partial charge < -0.3 is 21.4 Å². The molecule has 1 fully saturated rings. The van der Waals surface area contributed by atoms with Crippen LogP contribution in [0.3, 0.4) is 0 Å². The summed E-state index contributed by atoms with van der Waals surface area (Å²) in [5.41, 5.74) is 5.37. The van der Waals surface area contributed by atoms with Crippen LogP contribution in [0, 0.1) is 0 Å². The fraction of sp³-hybridized carbons (Fsp3) is 0.909. The summed E-state index contributed by atoms with van der Waals surface area (Å²) in [4.78, 5) is 0. The predicted octanol–water partition coefficient (Wildman–Crippen LogP) is 0.796. The van der Waals surface area contributed by atoms with Crippen LogP contribution in [0.1, 0.15) is 44.9 Å². The molecule has 0 saturated heterocycles. The molecular weight excluding hydrogens is 206 g/mol. The number of nitrogens with two attached hydrogens (primary N) is 1. The summed E-state index contributed by atoms with van der Waals surface area (Å²) in [5, 5.41) is 24.5. The smallest absolute Gasteiger partial charge is 0.139 e. The first-order valence-corrected chi connectivity index (χ1v) is 6.12. The Labute approximate surface area is 96.7 Å². The van der Waals surface area contributed by atoms with Crippen molar-refractivity contribution in [3.8, 4) is 0 Å². The van der Waals surface area contributed by atoms with E-state index >= 15 is 0 Å². The Kier molecular flexibility index (Phi) is 6.18. The normalized spacial score (nSPS) is 27.7. The van der Waals surface area contributed by atoms with Crippen LogP contribution in [-0.4, -0.2) is 34.8 Å². The van der Waals surface area contributed by atoms with Crippen molar-refractivity contribution in [2.45, 2.75) is 57.1 Å². The van der Waals surface area contributed by atoms with E-state index in [2.05, 4.69) is 10.5 Å². The van der Waals surface area contributed by atoms with E-state index in [4.69, 9.17) is 10.9 Å². The molecule has 2 unspecified atom stereocenters. The highest BCUT2D eigenvalue weighted by Gasteiger charge is 2.20. The van der Waals surface area contributed by atoms with Crippen LogP contribution in [0.25, 0.3) is 0 Å². The molecule has 0 radical (unpaired) electrons. The molecule has 0 bridgehead atoms. The largest absolute Gasteiger partial charge is 0.409 e.